The van der Waals surface area contributed by atoms with Gasteiger partial charge in [0.1, 0.15) is 11.5 Å². The SMILES string of the molecule is Cc1cccc(CNC2CCOc3ccccc32)c1O. The van der Waals surface area contributed by atoms with Crippen LogP contribution >= 0.6 is 0 Å². The second-order valence-electron chi connectivity index (χ2n) is 5.19. The van der Waals surface area contributed by atoms with Crippen molar-refractivity contribution in [1.82, 2.24) is 5.32 Å². The molecular formula is C17H19NO2. The van der Waals surface area contributed by atoms with Gasteiger partial charge in [0.05, 0.1) is 6.61 Å². The molecule has 3 rings (SSSR count). The Labute approximate surface area is 119 Å². The number of rotatable bonds is 3. The lowest BCUT2D eigenvalue weighted by Gasteiger charge is -2.27. The molecule has 2 aromatic carbocycles. The third-order valence-corrected chi connectivity index (χ3v) is 3.82. The third kappa shape index (κ3) is 2.49. The highest BCUT2D eigenvalue weighted by Crippen LogP contribution is 2.32. The molecular weight excluding hydrogens is 250 g/mol. The summed E-state index contributed by atoms with van der Waals surface area (Å²) in [5, 5.41) is 13.6. The van der Waals surface area contributed by atoms with E-state index in [1.54, 1.807) is 0 Å². The lowest BCUT2D eigenvalue weighted by Crippen LogP contribution is -2.26. The van der Waals surface area contributed by atoms with Crippen molar-refractivity contribution < 1.29 is 9.84 Å². The molecule has 104 valence electrons. The second kappa shape index (κ2) is 5.55. The van der Waals surface area contributed by atoms with Crippen molar-refractivity contribution in [2.45, 2.75) is 25.9 Å². The Hall–Kier alpha value is -2.00. The molecule has 1 heterocycles. The summed E-state index contributed by atoms with van der Waals surface area (Å²) in [6.45, 7) is 3.31. The van der Waals surface area contributed by atoms with E-state index in [0.717, 1.165) is 29.9 Å². The number of para-hydroxylation sites is 2. The van der Waals surface area contributed by atoms with Crippen LogP contribution in [0.3, 0.4) is 0 Å². The van der Waals surface area contributed by atoms with E-state index in [1.807, 2.05) is 43.3 Å². The summed E-state index contributed by atoms with van der Waals surface area (Å²) in [5.74, 6) is 1.35. The van der Waals surface area contributed by atoms with Gasteiger partial charge in [-0.1, -0.05) is 36.4 Å². The quantitative estimate of drug-likeness (QED) is 0.898. The van der Waals surface area contributed by atoms with Crippen LogP contribution < -0.4 is 10.1 Å². The zero-order valence-electron chi connectivity index (χ0n) is 11.6. The van der Waals surface area contributed by atoms with E-state index in [-0.39, 0.29) is 6.04 Å². The van der Waals surface area contributed by atoms with Crippen LogP contribution in [0.2, 0.25) is 0 Å². The molecule has 1 aliphatic heterocycles. The van der Waals surface area contributed by atoms with Crippen molar-refractivity contribution >= 4 is 0 Å². The maximum atomic E-state index is 10.1. The molecule has 0 aromatic heterocycles. The van der Waals surface area contributed by atoms with Gasteiger partial charge in [0, 0.05) is 30.1 Å². The van der Waals surface area contributed by atoms with Gasteiger partial charge in [0.15, 0.2) is 0 Å². The van der Waals surface area contributed by atoms with Crippen LogP contribution in [0, 0.1) is 6.92 Å². The molecule has 0 bridgehead atoms. The monoisotopic (exact) mass is 269 g/mol. The molecule has 2 aromatic rings. The lowest BCUT2D eigenvalue weighted by atomic mass is 10.00. The normalized spacial score (nSPS) is 17.4. The Morgan fingerprint density at radius 3 is 2.95 bits per heavy atom. The van der Waals surface area contributed by atoms with Crippen molar-refractivity contribution in [1.29, 1.82) is 0 Å². The fraction of sp³-hybridized carbons (Fsp3) is 0.294. The molecule has 20 heavy (non-hydrogen) atoms. The van der Waals surface area contributed by atoms with E-state index in [9.17, 15) is 5.11 Å². The molecule has 3 nitrogen and oxygen atoms in total. The first kappa shape index (κ1) is 13.0. The number of aromatic hydroxyl groups is 1. The van der Waals surface area contributed by atoms with Gasteiger partial charge < -0.3 is 15.2 Å². The lowest BCUT2D eigenvalue weighted by molar-refractivity contribution is 0.252. The molecule has 1 atom stereocenters. The van der Waals surface area contributed by atoms with Crippen molar-refractivity contribution in [2.75, 3.05) is 6.61 Å². The summed E-state index contributed by atoms with van der Waals surface area (Å²) in [6, 6.07) is 14.3. The topological polar surface area (TPSA) is 41.5 Å². The largest absolute Gasteiger partial charge is 0.507 e. The molecule has 0 spiro atoms. The Balaban J connectivity index is 1.75. The maximum absolute atomic E-state index is 10.1. The van der Waals surface area contributed by atoms with Crippen molar-refractivity contribution in [3.63, 3.8) is 0 Å². The van der Waals surface area contributed by atoms with E-state index in [4.69, 9.17) is 4.74 Å². The molecule has 2 N–H and O–H groups in total. The standard InChI is InChI=1S/C17H19NO2/c1-12-5-4-6-13(17(12)19)11-18-15-9-10-20-16-8-3-2-7-14(15)16/h2-8,15,18-19H,9-11H2,1H3. The van der Waals surface area contributed by atoms with Gasteiger partial charge in [-0.15, -0.1) is 0 Å². The number of nitrogens with one attached hydrogen (secondary N) is 1. The van der Waals surface area contributed by atoms with E-state index >= 15 is 0 Å². The minimum Gasteiger partial charge on any atom is -0.507 e. The van der Waals surface area contributed by atoms with Gasteiger partial charge in [-0.2, -0.15) is 0 Å². The van der Waals surface area contributed by atoms with Crippen LogP contribution in [-0.2, 0) is 6.54 Å². The number of hydrogen-bond acceptors (Lipinski definition) is 3. The third-order valence-electron chi connectivity index (χ3n) is 3.82. The maximum Gasteiger partial charge on any atom is 0.124 e. The van der Waals surface area contributed by atoms with Gasteiger partial charge in [-0.3, -0.25) is 0 Å². The van der Waals surface area contributed by atoms with Crippen LogP contribution in [0.4, 0.5) is 0 Å². The Morgan fingerprint density at radius 2 is 2.05 bits per heavy atom. The van der Waals surface area contributed by atoms with Gasteiger partial charge in [-0.05, 0) is 18.6 Å². The van der Waals surface area contributed by atoms with Crippen molar-refractivity contribution in [3.05, 3.63) is 59.2 Å². The molecule has 0 radical (unpaired) electrons. The van der Waals surface area contributed by atoms with Crippen LogP contribution in [-0.4, -0.2) is 11.7 Å². The number of phenolic OH excluding ortho intramolecular Hbond substituents is 1. The Kier molecular flexibility index (Phi) is 3.61. The molecule has 0 fully saturated rings. The van der Waals surface area contributed by atoms with E-state index in [0.29, 0.717) is 12.3 Å². The van der Waals surface area contributed by atoms with Gasteiger partial charge in [0.25, 0.3) is 0 Å². The highest BCUT2D eigenvalue weighted by Gasteiger charge is 2.20. The number of ether oxygens (including phenoxy) is 1. The molecule has 0 saturated heterocycles. The van der Waals surface area contributed by atoms with Crippen molar-refractivity contribution in [2.24, 2.45) is 0 Å². The van der Waals surface area contributed by atoms with Crippen LogP contribution in [0.1, 0.15) is 29.2 Å². The molecule has 0 amide bonds. The number of hydrogen-bond donors (Lipinski definition) is 2. The molecule has 1 aliphatic rings. The number of fused-ring (bicyclic) bond motifs is 1. The minimum absolute atomic E-state index is 0.278. The van der Waals surface area contributed by atoms with E-state index in [2.05, 4.69) is 11.4 Å². The molecule has 0 aliphatic carbocycles. The summed E-state index contributed by atoms with van der Waals surface area (Å²) in [5.41, 5.74) is 3.05. The summed E-state index contributed by atoms with van der Waals surface area (Å²) < 4.78 is 5.66. The van der Waals surface area contributed by atoms with Crippen LogP contribution in [0.25, 0.3) is 0 Å². The molecule has 1 unspecified atom stereocenters. The smallest absolute Gasteiger partial charge is 0.124 e. The highest BCUT2D eigenvalue weighted by molar-refractivity contribution is 5.40. The van der Waals surface area contributed by atoms with Gasteiger partial charge in [0.2, 0.25) is 0 Å². The number of phenols is 1. The molecule has 0 saturated carbocycles. The number of benzene rings is 2. The summed E-state index contributed by atoms with van der Waals surface area (Å²) in [4.78, 5) is 0. The van der Waals surface area contributed by atoms with E-state index in [1.165, 1.54) is 5.56 Å². The predicted octanol–water partition coefficient (Wildman–Crippen LogP) is 3.31. The summed E-state index contributed by atoms with van der Waals surface area (Å²) in [7, 11) is 0. The van der Waals surface area contributed by atoms with Gasteiger partial charge in [-0.25, -0.2) is 0 Å². The number of aryl methyl sites for hydroxylation is 1. The summed E-state index contributed by atoms with van der Waals surface area (Å²) >= 11 is 0. The Bertz CT molecular complexity index is 610. The average molecular weight is 269 g/mol. The van der Waals surface area contributed by atoms with Crippen LogP contribution in [0.5, 0.6) is 11.5 Å². The first-order valence-electron chi connectivity index (χ1n) is 6.98. The minimum atomic E-state index is 0.278. The first-order valence-corrected chi connectivity index (χ1v) is 6.98. The molecule has 3 heteroatoms. The highest BCUT2D eigenvalue weighted by atomic mass is 16.5. The summed E-state index contributed by atoms with van der Waals surface area (Å²) in [6.07, 6.45) is 0.948. The first-order chi connectivity index (χ1) is 9.75. The van der Waals surface area contributed by atoms with Gasteiger partial charge >= 0.3 is 0 Å². The zero-order chi connectivity index (χ0) is 13.9. The fourth-order valence-corrected chi connectivity index (χ4v) is 2.65. The average Bonchev–Trinajstić information content (AvgIpc) is 2.49. The Morgan fingerprint density at radius 1 is 1.20 bits per heavy atom. The van der Waals surface area contributed by atoms with E-state index < -0.39 is 0 Å². The zero-order valence-corrected chi connectivity index (χ0v) is 11.6. The van der Waals surface area contributed by atoms with Crippen LogP contribution in [0.15, 0.2) is 42.5 Å². The predicted molar refractivity (Wildman–Crippen MR) is 79.0 cm³/mol. The second-order valence-corrected chi connectivity index (χ2v) is 5.19. The fourth-order valence-electron chi connectivity index (χ4n) is 2.65. The van der Waals surface area contributed by atoms with Crippen molar-refractivity contribution in [3.8, 4) is 11.5 Å².